The maximum atomic E-state index is 9.61. The largest absolute Gasteiger partial charge is 0.387 e. The van der Waals surface area contributed by atoms with Crippen molar-refractivity contribution in [1.29, 1.82) is 0 Å². The van der Waals surface area contributed by atoms with E-state index in [-0.39, 0.29) is 6.54 Å². The second-order valence-corrected chi connectivity index (χ2v) is 4.42. The second-order valence-electron chi connectivity index (χ2n) is 3.50. The molecule has 2 aromatic carbocycles. The third kappa shape index (κ3) is 2.20. The molecule has 2 nitrogen and oxygen atoms in total. The van der Waals surface area contributed by atoms with Crippen LogP contribution in [0.25, 0.3) is 10.8 Å². The van der Waals surface area contributed by atoms with Gasteiger partial charge in [-0.2, -0.15) is 0 Å². The Morgan fingerprint density at radius 2 is 1.80 bits per heavy atom. The smallest absolute Gasteiger partial charge is 0.0912 e. The van der Waals surface area contributed by atoms with Crippen LogP contribution in [0.5, 0.6) is 0 Å². The fraction of sp³-hybridized carbons (Fsp3) is 0.167. The summed E-state index contributed by atoms with van der Waals surface area (Å²) in [5.74, 6) is 0. The molecule has 0 aliphatic carbocycles. The number of hydrogen-bond donors (Lipinski definition) is 2. The van der Waals surface area contributed by atoms with Crippen molar-refractivity contribution in [3.63, 3.8) is 0 Å². The topological polar surface area (TPSA) is 46.2 Å². The highest BCUT2D eigenvalue weighted by Gasteiger charge is 2.05. The summed E-state index contributed by atoms with van der Waals surface area (Å²) < 4.78 is 1.06. The van der Waals surface area contributed by atoms with E-state index in [1.165, 1.54) is 0 Å². The summed E-state index contributed by atoms with van der Waals surface area (Å²) in [7, 11) is 0. The second kappa shape index (κ2) is 4.31. The molecule has 0 saturated carbocycles. The standard InChI is InChI=1S/C12H12BrNO/c13-11-4-3-8-5-10(12(15)7-14)2-1-9(8)6-11/h1-6,12,15H,7,14H2/t12-/m1/s1. The van der Waals surface area contributed by atoms with Gasteiger partial charge in [-0.1, -0.05) is 34.1 Å². The Bertz CT molecular complexity index is 484. The molecule has 0 aliphatic heterocycles. The van der Waals surface area contributed by atoms with E-state index >= 15 is 0 Å². The van der Waals surface area contributed by atoms with Crippen LogP contribution in [0, 0.1) is 0 Å². The van der Waals surface area contributed by atoms with Crippen molar-refractivity contribution >= 4 is 26.7 Å². The van der Waals surface area contributed by atoms with Gasteiger partial charge in [-0.05, 0) is 34.5 Å². The average molecular weight is 266 g/mol. The van der Waals surface area contributed by atoms with Gasteiger partial charge in [0, 0.05) is 11.0 Å². The Morgan fingerprint density at radius 3 is 2.53 bits per heavy atom. The molecule has 78 valence electrons. The number of aliphatic hydroxyl groups is 1. The van der Waals surface area contributed by atoms with Gasteiger partial charge >= 0.3 is 0 Å². The monoisotopic (exact) mass is 265 g/mol. The SMILES string of the molecule is NC[C@@H](O)c1ccc2cc(Br)ccc2c1. The molecular formula is C12H12BrNO. The molecule has 0 spiro atoms. The van der Waals surface area contributed by atoms with Crippen molar-refractivity contribution < 1.29 is 5.11 Å². The first-order chi connectivity index (χ1) is 7.20. The van der Waals surface area contributed by atoms with Gasteiger partial charge in [-0.15, -0.1) is 0 Å². The van der Waals surface area contributed by atoms with Gasteiger partial charge in [0.25, 0.3) is 0 Å². The highest BCUT2D eigenvalue weighted by Crippen LogP contribution is 2.23. The summed E-state index contributed by atoms with van der Waals surface area (Å²) in [5, 5.41) is 11.9. The molecule has 0 bridgehead atoms. The fourth-order valence-corrected chi connectivity index (χ4v) is 1.96. The summed E-state index contributed by atoms with van der Waals surface area (Å²) in [4.78, 5) is 0. The first kappa shape index (κ1) is 10.6. The van der Waals surface area contributed by atoms with Crippen LogP contribution >= 0.6 is 15.9 Å². The Kier molecular flexibility index (Phi) is 3.05. The molecule has 0 aromatic heterocycles. The van der Waals surface area contributed by atoms with Crippen molar-refractivity contribution in [3.05, 3.63) is 46.4 Å². The predicted molar refractivity (Wildman–Crippen MR) is 65.7 cm³/mol. The van der Waals surface area contributed by atoms with Crippen molar-refractivity contribution in [2.45, 2.75) is 6.10 Å². The minimum absolute atomic E-state index is 0.252. The summed E-state index contributed by atoms with van der Waals surface area (Å²) >= 11 is 3.42. The van der Waals surface area contributed by atoms with Gasteiger partial charge in [0.15, 0.2) is 0 Å². The van der Waals surface area contributed by atoms with E-state index in [1.54, 1.807) is 0 Å². The number of rotatable bonds is 2. The van der Waals surface area contributed by atoms with Gasteiger partial charge in [-0.25, -0.2) is 0 Å². The maximum absolute atomic E-state index is 9.61. The molecule has 3 N–H and O–H groups in total. The van der Waals surface area contributed by atoms with Crippen LogP contribution in [0.3, 0.4) is 0 Å². The van der Waals surface area contributed by atoms with Crippen LogP contribution in [-0.2, 0) is 0 Å². The molecule has 2 rings (SSSR count). The van der Waals surface area contributed by atoms with Gasteiger partial charge < -0.3 is 10.8 Å². The zero-order valence-electron chi connectivity index (χ0n) is 8.15. The lowest BCUT2D eigenvalue weighted by atomic mass is 10.0. The molecule has 3 heteroatoms. The van der Waals surface area contributed by atoms with Crippen LogP contribution in [0.1, 0.15) is 11.7 Å². The lowest BCUT2D eigenvalue weighted by Gasteiger charge is -2.09. The van der Waals surface area contributed by atoms with Crippen LogP contribution in [-0.4, -0.2) is 11.7 Å². The predicted octanol–water partition coefficient (Wildman–Crippen LogP) is 2.59. The van der Waals surface area contributed by atoms with E-state index in [4.69, 9.17) is 5.73 Å². The number of fused-ring (bicyclic) bond motifs is 1. The Balaban J connectivity index is 2.52. The van der Waals surface area contributed by atoms with Crippen LogP contribution < -0.4 is 5.73 Å². The van der Waals surface area contributed by atoms with Crippen molar-refractivity contribution in [3.8, 4) is 0 Å². The van der Waals surface area contributed by atoms with Crippen molar-refractivity contribution in [1.82, 2.24) is 0 Å². The summed E-state index contributed by atoms with van der Waals surface area (Å²) in [5.41, 5.74) is 6.28. The summed E-state index contributed by atoms with van der Waals surface area (Å²) in [6.45, 7) is 0.252. The van der Waals surface area contributed by atoms with E-state index in [9.17, 15) is 5.11 Å². The van der Waals surface area contributed by atoms with Crippen LogP contribution in [0.15, 0.2) is 40.9 Å². The summed E-state index contributed by atoms with van der Waals surface area (Å²) in [6.07, 6.45) is -0.571. The first-order valence-electron chi connectivity index (χ1n) is 4.78. The Hall–Kier alpha value is -0.900. The lowest BCUT2D eigenvalue weighted by Crippen LogP contribution is -2.11. The molecule has 15 heavy (non-hydrogen) atoms. The number of aliphatic hydroxyl groups excluding tert-OH is 1. The van der Waals surface area contributed by atoms with E-state index < -0.39 is 6.10 Å². The highest BCUT2D eigenvalue weighted by atomic mass is 79.9. The summed E-state index contributed by atoms with van der Waals surface area (Å²) in [6, 6.07) is 11.9. The zero-order chi connectivity index (χ0) is 10.8. The number of halogens is 1. The fourth-order valence-electron chi connectivity index (χ4n) is 1.58. The van der Waals surface area contributed by atoms with Crippen LogP contribution in [0.4, 0.5) is 0 Å². The number of hydrogen-bond acceptors (Lipinski definition) is 2. The molecule has 0 radical (unpaired) electrons. The molecule has 2 aromatic rings. The number of benzene rings is 2. The highest BCUT2D eigenvalue weighted by molar-refractivity contribution is 9.10. The van der Waals surface area contributed by atoms with Gasteiger partial charge in [0.05, 0.1) is 6.10 Å². The average Bonchev–Trinajstić information content (AvgIpc) is 2.27. The van der Waals surface area contributed by atoms with Crippen molar-refractivity contribution in [2.75, 3.05) is 6.54 Å². The minimum Gasteiger partial charge on any atom is -0.387 e. The molecule has 0 saturated heterocycles. The Morgan fingerprint density at radius 1 is 1.13 bits per heavy atom. The van der Waals surface area contributed by atoms with E-state index in [1.807, 2.05) is 36.4 Å². The Labute approximate surface area is 96.8 Å². The number of nitrogens with two attached hydrogens (primary N) is 1. The van der Waals surface area contributed by atoms with Gasteiger partial charge in [-0.3, -0.25) is 0 Å². The molecule has 0 unspecified atom stereocenters. The third-order valence-electron chi connectivity index (χ3n) is 2.43. The molecule has 0 fully saturated rings. The van der Waals surface area contributed by atoms with Gasteiger partial charge in [0.1, 0.15) is 0 Å². The zero-order valence-corrected chi connectivity index (χ0v) is 9.74. The third-order valence-corrected chi connectivity index (χ3v) is 2.93. The molecular weight excluding hydrogens is 254 g/mol. The minimum atomic E-state index is -0.571. The lowest BCUT2D eigenvalue weighted by molar-refractivity contribution is 0.187. The first-order valence-corrected chi connectivity index (χ1v) is 5.57. The van der Waals surface area contributed by atoms with E-state index in [0.717, 1.165) is 20.8 Å². The maximum Gasteiger partial charge on any atom is 0.0912 e. The van der Waals surface area contributed by atoms with Gasteiger partial charge in [0.2, 0.25) is 0 Å². The molecule has 0 amide bonds. The van der Waals surface area contributed by atoms with Crippen LogP contribution in [0.2, 0.25) is 0 Å². The molecule has 1 atom stereocenters. The molecule has 0 heterocycles. The van der Waals surface area contributed by atoms with Crippen molar-refractivity contribution in [2.24, 2.45) is 5.73 Å². The van der Waals surface area contributed by atoms with E-state index in [2.05, 4.69) is 15.9 Å². The normalized spacial score (nSPS) is 13.0. The van der Waals surface area contributed by atoms with E-state index in [0.29, 0.717) is 0 Å². The molecule has 0 aliphatic rings. The quantitative estimate of drug-likeness (QED) is 0.877.